The van der Waals surface area contributed by atoms with Crippen molar-refractivity contribution in [1.82, 2.24) is 20.3 Å². The summed E-state index contributed by atoms with van der Waals surface area (Å²) in [6, 6.07) is 9.43. The number of hydrogen-bond acceptors (Lipinski definition) is 9. The number of aromatic nitrogens is 3. The van der Waals surface area contributed by atoms with Crippen molar-refractivity contribution in [3.8, 4) is 0 Å². The Hall–Kier alpha value is -3.98. The Morgan fingerprint density at radius 1 is 1.15 bits per heavy atom. The molecule has 3 aromatic rings. The summed E-state index contributed by atoms with van der Waals surface area (Å²) in [6.07, 6.45) is -0.957. The highest BCUT2D eigenvalue weighted by Crippen LogP contribution is 2.34. The zero-order chi connectivity index (χ0) is 28.8. The van der Waals surface area contributed by atoms with Crippen LogP contribution in [0.1, 0.15) is 41.3 Å². The number of anilines is 4. The van der Waals surface area contributed by atoms with Gasteiger partial charge in [-0.15, -0.1) is 0 Å². The Labute approximate surface area is 229 Å². The minimum absolute atomic E-state index is 0.00704. The summed E-state index contributed by atoms with van der Waals surface area (Å²) < 4.78 is 72.9. The number of amides is 1. The Bertz CT molecular complexity index is 1450. The molecule has 0 spiro atoms. The number of ether oxygens (including phenoxy) is 1. The van der Waals surface area contributed by atoms with Crippen molar-refractivity contribution in [3.05, 3.63) is 65.5 Å². The van der Waals surface area contributed by atoms with Crippen LogP contribution < -0.4 is 20.7 Å². The standard InChI is InChI=1S/C25H28F3N7O4S/c1-2-40(37,38)35-21-17(7-4-10-29-21)13-30-22-20(25(26,27)28)15-32-24(34-22)33-18-8-3-6-16(12-18)23(36)31-14-19-9-5-11-39-19/h3-4,6-8,10,12,15,19H,2,5,9,11,13-14H2,1H3,(H,29,35)(H,31,36)(H2,30,32,33,34)/t19-/m1/s1. The molecule has 1 saturated heterocycles. The average Bonchev–Trinajstić information content (AvgIpc) is 3.44. The second-order valence-electron chi connectivity index (χ2n) is 8.87. The van der Waals surface area contributed by atoms with Crippen LogP contribution in [-0.4, -0.2) is 54.3 Å². The first-order valence-corrected chi connectivity index (χ1v) is 14.1. The monoisotopic (exact) mass is 579 g/mol. The zero-order valence-electron chi connectivity index (χ0n) is 21.5. The summed E-state index contributed by atoms with van der Waals surface area (Å²) in [4.78, 5) is 24.3. The molecule has 1 aliphatic rings. The molecule has 15 heteroatoms. The van der Waals surface area contributed by atoms with Crippen LogP contribution in [0.4, 0.5) is 36.4 Å². The molecule has 40 heavy (non-hydrogen) atoms. The van der Waals surface area contributed by atoms with Crippen LogP contribution in [0.25, 0.3) is 0 Å². The number of rotatable bonds is 11. The molecule has 0 unspecified atom stereocenters. The third-order valence-corrected chi connectivity index (χ3v) is 7.22. The Balaban J connectivity index is 1.51. The lowest BCUT2D eigenvalue weighted by atomic mass is 10.1. The third kappa shape index (κ3) is 7.79. The second kappa shape index (κ2) is 12.5. The van der Waals surface area contributed by atoms with Gasteiger partial charge in [0.15, 0.2) is 0 Å². The van der Waals surface area contributed by atoms with Gasteiger partial charge < -0.3 is 20.7 Å². The first kappa shape index (κ1) is 29.0. The van der Waals surface area contributed by atoms with E-state index in [4.69, 9.17) is 4.74 Å². The number of carbonyl (C=O) groups is 1. The SMILES string of the molecule is CCS(=O)(=O)Nc1ncccc1CNc1nc(Nc2cccc(C(=O)NC[C@H]3CCCO3)c2)ncc1C(F)(F)F. The van der Waals surface area contributed by atoms with Crippen molar-refractivity contribution < 1.29 is 31.1 Å². The second-order valence-corrected chi connectivity index (χ2v) is 10.9. The van der Waals surface area contributed by atoms with Crippen LogP contribution in [-0.2, 0) is 27.5 Å². The fourth-order valence-electron chi connectivity index (χ4n) is 3.84. The van der Waals surface area contributed by atoms with E-state index in [1.165, 1.54) is 31.3 Å². The molecule has 4 rings (SSSR count). The number of hydrogen-bond donors (Lipinski definition) is 4. The molecule has 2 aromatic heterocycles. The van der Waals surface area contributed by atoms with E-state index in [9.17, 15) is 26.4 Å². The number of sulfonamides is 1. The number of carbonyl (C=O) groups excluding carboxylic acids is 1. The van der Waals surface area contributed by atoms with Gasteiger partial charge in [-0.1, -0.05) is 12.1 Å². The smallest absolute Gasteiger partial charge is 0.376 e. The summed E-state index contributed by atoms with van der Waals surface area (Å²) in [5.74, 6) is -1.20. The topological polar surface area (TPSA) is 147 Å². The number of nitrogens with zero attached hydrogens (tertiary/aromatic N) is 3. The van der Waals surface area contributed by atoms with Crippen LogP contribution in [0.5, 0.6) is 0 Å². The molecule has 11 nitrogen and oxygen atoms in total. The zero-order valence-corrected chi connectivity index (χ0v) is 22.3. The molecule has 0 bridgehead atoms. The summed E-state index contributed by atoms with van der Waals surface area (Å²) in [5, 5.41) is 8.26. The van der Waals surface area contributed by atoms with E-state index in [1.54, 1.807) is 18.2 Å². The summed E-state index contributed by atoms with van der Waals surface area (Å²) in [5.41, 5.74) is -0.0757. The van der Waals surface area contributed by atoms with Gasteiger partial charge in [-0.3, -0.25) is 9.52 Å². The lowest BCUT2D eigenvalue weighted by Gasteiger charge is -2.16. The van der Waals surface area contributed by atoms with Crippen molar-refractivity contribution in [2.24, 2.45) is 0 Å². The predicted octanol–water partition coefficient (Wildman–Crippen LogP) is 3.92. The number of nitrogens with one attached hydrogen (secondary N) is 4. The quantitative estimate of drug-likeness (QED) is 0.265. The molecule has 0 saturated carbocycles. The third-order valence-electron chi connectivity index (χ3n) is 5.96. The number of halogens is 3. The maximum atomic E-state index is 13.7. The normalized spacial score (nSPS) is 15.4. The van der Waals surface area contributed by atoms with Crippen LogP contribution in [0.2, 0.25) is 0 Å². The van der Waals surface area contributed by atoms with E-state index in [-0.39, 0.29) is 36.1 Å². The molecule has 1 aromatic carbocycles. The average molecular weight is 580 g/mol. The maximum absolute atomic E-state index is 13.7. The Morgan fingerprint density at radius 3 is 2.70 bits per heavy atom. The molecule has 3 heterocycles. The fourth-order valence-corrected chi connectivity index (χ4v) is 4.46. The summed E-state index contributed by atoms with van der Waals surface area (Å²) in [6.45, 7) is 2.29. The van der Waals surface area contributed by atoms with Crippen LogP contribution in [0.15, 0.2) is 48.8 Å². The van der Waals surface area contributed by atoms with E-state index in [1.807, 2.05) is 0 Å². The molecule has 0 radical (unpaired) electrons. The Kier molecular flexibility index (Phi) is 9.04. The van der Waals surface area contributed by atoms with E-state index in [0.29, 0.717) is 36.2 Å². The van der Waals surface area contributed by atoms with E-state index in [0.717, 1.165) is 12.8 Å². The van der Waals surface area contributed by atoms with Gasteiger partial charge >= 0.3 is 6.18 Å². The molecule has 4 N–H and O–H groups in total. The number of benzene rings is 1. The fraction of sp³-hybridized carbons (Fsp3) is 0.360. The van der Waals surface area contributed by atoms with Crippen molar-refractivity contribution >= 4 is 39.2 Å². The molecule has 0 aliphatic carbocycles. The summed E-state index contributed by atoms with van der Waals surface area (Å²) >= 11 is 0. The van der Waals surface area contributed by atoms with Crippen LogP contribution >= 0.6 is 0 Å². The maximum Gasteiger partial charge on any atom is 0.421 e. The van der Waals surface area contributed by atoms with Gasteiger partial charge in [0.1, 0.15) is 17.2 Å². The first-order valence-electron chi connectivity index (χ1n) is 12.4. The largest absolute Gasteiger partial charge is 0.421 e. The molecule has 1 amide bonds. The molecule has 214 valence electrons. The lowest BCUT2D eigenvalue weighted by Crippen LogP contribution is -2.31. The van der Waals surface area contributed by atoms with E-state index >= 15 is 0 Å². The lowest BCUT2D eigenvalue weighted by molar-refractivity contribution is -0.137. The van der Waals surface area contributed by atoms with Gasteiger partial charge in [0.25, 0.3) is 5.91 Å². The molecular weight excluding hydrogens is 551 g/mol. The molecule has 1 aliphatic heterocycles. The van der Waals surface area contributed by atoms with Crippen LogP contribution in [0, 0.1) is 0 Å². The van der Waals surface area contributed by atoms with Crippen molar-refractivity contribution in [1.29, 1.82) is 0 Å². The molecule has 1 atom stereocenters. The molecule has 1 fully saturated rings. The summed E-state index contributed by atoms with van der Waals surface area (Å²) in [7, 11) is -3.66. The van der Waals surface area contributed by atoms with Crippen molar-refractivity contribution in [2.75, 3.05) is 34.3 Å². The minimum Gasteiger partial charge on any atom is -0.376 e. The van der Waals surface area contributed by atoms with Crippen molar-refractivity contribution in [2.45, 2.75) is 38.6 Å². The number of alkyl halides is 3. The van der Waals surface area contributed by atoms with Gasteiger partial charge in [-0.05, 0) is 44.0 Å². The van der Waals surface area contributed by atoms with E-state index in [2.05, 4.69) is 35.6 Å². The Morgan fingerprint density at radius 2 is 1.98 bits per heavy atom. The van der Waals surface area contributed by atoms with Gasteiger partial charge in [-0.2, -0.15) is 18.2 Å². The van der Waals surface area contributed by atoms with Crippen molar-refractivity contribution in [3.63, 3.8) is 0 Å². The highest BCUT2D eigenvalue weighted by Gasteiger charge is 2.35. The molecular formula is C25H28F3N7O4S. The highest BCUT2D eigenvalue weighted by molar-refractivity contribution is 7.92. The van der Waals surface area contributed by atoms with Gasteiger partial charge in [-0.25, -0.2) is 18.4 Å². The minimum atomic E-state index is -4.76. The predicted molar refractivity (Wildman–Crippen MR) is 143 cm³/mol. The van der Waals surface area contributed by atoms with E-state index < -0.39 is 27.6 Å². The highest BCUT2D eigenvalue weighted by atomic mass is 32.2. The number of pyridine rings is 1. The van der Waals surface area contributed by atoms with Crippen LogP contribution in [0.3, 0.4) is 0 Å². The van der Waals surface area contributed by atoms with Gasteiger partial charge in [0.05, 0.1) is 11.9 Å². The van der Waals surface area contributed by atoms with Gasteiger partial charge in [0, 0.05) is 48.9 Å². The van der Waals surface area contributed by atoms with Gasteiger partial charge in [0.2, 0.25) is 16.0 Å². The first-order chi connectivity index (χ1) is 19.0.